The zero-order valence-corrected chi connectivity index (χ0v) is 12.9. The number of piperazine rings is 1. The van der Waals surface area contributed by atoms with Crippen LogP contribution in [0.4, 0.5) is 11.6 Å². The van der Waals surface area contributed by atoms with Crippen LogP contribution in [0.15, 0.2) is 6.07 Å². The summed E-state index contributed by atoms with van der Waals surface area (Å²) in [5, 5.41) is 5.51. The van der Waals surface area contributed by atoms with Gasteiger partial charge in [-0.25, -0.2) is 9.97 Å². The Morgan fingerprint density at radius 2 is 2.05 bits per heavy atom. The number of hydrogen-bond acceptors (Lipinski definition) is 6. The molecule has 0 aliphatic carbocycles. The van der Waals surface area contributed by atoms with Gasteiger partial charge < -0.3 is 10.2 Å². The van der Waals surface area contributed by atoms with Gasteiger partial charge in [-0.15, -0.1) is 0 Å². The van der Waals surface area contributed by atoms with Crippen LogP contribution in [0.1, 0.15) is 33.5 Å². The van der Waals surface area contributed by atoms with E-state index in [1.54, 1.807) is 24.8 Å². The highest BCUT2D eigenvalue weighted by Crippen LogP contribution is 2.26. The second-order valence-electron chi connectivity index (χ2n) is 5.43. The Bertz CT molecular complexity index is 570. The minimum Gasteiger partial charge on any atom is -0.370 e. The molecular weight excluding hydrogens is 270 g/mol. The van der Waals surface area contributed by atoms with E-state index in [0.29, 0.717) is 23.9 Å². The molecule has 1 aliphatic heterocycles. The van der Waals surface area contributed by atoms with Crippen LogP contribution < -0.4 is 15.5 Å². The molecule has 0 bridgehead atoms. The van der Waals surface area contributed by atoms with E-state index in [-0.39, 0.29) is 18.4 Å². The zero-order chi connectivity index (χ0) is 15.6. The van der Waals surface area contributed by atoms with E-state index >= 15 is 0 Å². The van der Waals surface area contributed by atoms with Crippen molar-refractivity contribution in [1.82, 2.24) is 15.3 Å². The summed E-state index contributed by atoms with van der Waals surface area (Å²) in [7, 11) is 0. The number of anilines is 2. The fourth-order valence-electron chi connectivity index (χ4n) is 2.20. The van der Waals surface area contributed by atoms with Crippen molar-refractivity contribution in [2.75, 3.05) is 23.3 Å². The minimum absolute atomic E-state index is 0.102. The summed E-state index contributed by atoms with van der Waals surface area (Å²) in [5.74, 6) is 1.33. The second-order valence-corrected chi connectivity index (χ2v) is 5.43. The van der Waals surface area contributed by atoms with Crippen LogP contribution >= 0.6 is 0 Å². The van der Waals surface area contributed by atoms with Crippen molar-refractivity contribution in [3.8, 4) is 0 Å². The molecule has 1 aromatic heterocycles. The van der Waals surface area contributed by atoms with Gasteiger partial charge in [-0.05, 0) is 20.8 Å². The molecule has 7 heteroatoms. The smallest absolute Gasteiger partial charge is 0.251 e. The first-order valence-electron chi connectivity index (χ1n) is 7.12. The molecule has 0 unspecified atom stereocenters. The van der Waals surface area contributed by atoms with Crippen LogP contribution in [0, 0.1) is 0 Å². The van der Waals surface area contributed by atoms with Gasteiger partial charge >= 0.3 is 0 Å². The molecule has 0 spiro atoms. The van der Waals surface area contributed by atoms with Gasteiger partial charge in [-0.1, -0.05) is 6.92 Å². The highest BCUT2D eigenvalue weighted by molar-refractivity contribution is 6.06. The van der Waals surface area contributed by atoms with E-state index in [0.717, 1.165) is 6.54 Å². The van der Waals surface area contributed by atoms with Gasteiger partial charge in [-0.2, -0.15) is 0 Å². The number of aromatic nitrogens is 2. The number of hydrogen-bond donors (Lipinski definition) is 2. The van der Waals surface area contributed by atoms with E-state index < -0.39 is 5.54 Å². The predicted molar refractivity (Wildman–Crippen MR) is 80.1 cm³/mol. The molecular formula is C14H21N5O2. The first-order valence-corrected chi connectivity index (χ1v) is 7.12. The summed E-state index contributed by atoms with van der Waals surface area (Å²) in [6, 6.07) is 1.77. The third-order valence-corrected chi connectivity index (χ3v) is 3.49. The number of rotatable bonds is 4. The monoisotopic (exact) mass is 291 g/mol. The van der Waals surface area contributed by atoms with Gasteiger partial charge in [0.2, 0.25) is 5.91 Å². The molecule has 2 heterocycles. The third-order valence-electron chi connectivity index (χ3n) is 3.49. The number of nitrogens with zero attached hydrogens (tertiary/aromatic N) is 3. The van der Waals surface area contributed by atoms with Gasteiger partial charge in [-0.3, -0.25) is 14.9 Å². The quantitative estimate of drug-likeness (QED) is 0.795. The summed E-state index contributed by atoms with van der Waals surface area (Å²) in [6.07, 6.45) is 0.681. The summed E-state index contributed by atoms with van der Waals surface area (Å²) < 4.78 is 0. The molecule has 21 heavy (non-hydrogen) atoms. The lowest BCUT2D eigenvalue weighted by Crippen LogP contribution is -2.64. The van der Waals surface area contributed by atoms with Crippen LogP contribution in [0.3, 0.4) is 0 Å². The Kier molecular flexibility index (Phi) is 4.11. The SMILES string of the molecule is CCNc1cc(N2CC(=O)NC(=O)C2(C)C)nc(CC)n1. The molecule has 0 aromatic carbocycles. The van der Waals surface area contributed by atoms with Crippen molar-refractivity contribution in [3.05, 3.63) is 11.9 Å². The summed E-state index contributed by atoms with van der Waals surface area (Å²) in [6.45, 7) is 8.33. The molecule has 1 aliphatic rings. The lowest BCUT2D eigenvalue weighted by atomic mass is 9.99. The molecule has 1 fully saturated rings. The van der Waals surface area contributed by atoms with Crippen molar-refractivity contribution < 1.29 is 9.59 Å². The fraction of sp³-hybridized carbons (Fsp3) is 0.571. The second kappa shape index (κ2) is 5.67. The third kappa shape index (κ3) is 2.96. The molecule has 2 amide bonds. The van der Waals surface area contributed by atoms with Crippen molar-refractivity contribution in [3.63, 3.8) is 0 Å². The molecule has 0 saturated carbocycles. The standard InChI is InChI=1S/C14H21N5O2/c1-5-9-16-10(15-6-2)7-11(17-9)19-8-12(20)18-13(21)14(19,3)4/h7H,5-6,8H2,1-4H3,(H,15,16,17)(H,18,20,21). The van der Waals surface area contributed by atoms with Gasteiger partial charge in [0.25, 0.3) is 5.91 Å². The van der Waals surface area contributed by atoms with E-state index in [4.69, 9.17) is 0 Å². The predicted octanol–water partition coefficient (Wildman–Crippen LogP) is 0.712. The maximum absolute atomic E-state index is 12.0. The largest absolute Gasteiger partial charge is 0.370 e. The fourth-order valence-corrected chi connectivity index (χ4v) is 2.20. The van der Waals surface area contributed by atoms with Gasteiger partial charge in [0.05, 0.1) is 6.54 Å². The number of carbonyl (C=O) groups excluding carboxylic acids is 2. The summed E-state index contributed by atoms with van der Waals surface area (Å²) in [4.78, 5) is 34.3. The van der Waals surface area contributed by atoms with Crippen molar-refractivity contribution in [2.24, 2.45) is 0 Å². The average molecular weight is 291 g/mol. The van der Waals surface area contributed by atoms with E-state index in [2.05, 4.69) is 20.6 Å². The van der Waals surface area contributed by atoms with Gasteiger partial charge in [0.15, 0.2) is 0 Å². The molecule has 114 valence electrons. The first-order chi connectivity index (χ1) is 9.88. The van der Waals surface area contributed by atoms with E-state index in [9.17, 15) is 9.59 Å². The van der Waals surface area contributed by atoms with Crippen molar-refractivity contribution >= 4 is 23.5 Å². The van der Waals surface area contributed by atoms with Crippen LogP contribution in [0.5, 0.6) is 0 Å². The summed E-state index contributed by atoms with van der Waals surface area (Å²) >= 11 is 0. The Hall–Kier alpha value is -2.18. The van der Waals surface area contributed by atoms with Crippen LogP contribution in [-0.4, -0.2) is 40.4 Å². The van der Waals surface area contributed by atoms with E-state index in [1.807, 2.05) is 13.8 Å². The number of imide groups is 1. The summed E-state index contributed by atoms with van der Waals surface area (Å²) in [5.41, 5.74) is -0.837. The number of amides is 2. The molecule has 7 nitrogen and oxygen atoms in total. The number of carbonyl (C=O) groups is 2. The van der Waals surface area contributed by atoms with Crippen LogP contribution in [0.2, 0.25) is 0 Å². The van der Waals surface area contributed by atoms with Gasteiger partial charge in [0.1, 0.15) is 23.0 Å². The van der Waals surface area contributed by atoms with Crippen LogP contribution in [-0.2, 0) is 16.0 Å². The molecule has 2 N–H and O–H groups in total. The first kappa shape index (κ1) is 15.2. The molecule has 0 radical (unpaired) electrons. The maximum atomic E-state index is 12.0. The average Bonchev–Trinajstić information content (AvgIpc) is 2.43. The van der Waals surface area contributed by atoms with Crippen molar-refractivity contribution in [2.45, 2.75) is 39.7 Å². The topological polar surface area (TPSA) is 87.2 Å². The highest BCUT2D eigenvalue weighted by Gasteiger charge is 2.41. The highest BCUT2D eigenvalue weighted by atomic mass is 16.2. The number of nitrogens with one attached hydrogen (secondary N) is 2. The molecule has 2 rings (SSSR count). The maximum Gasteiger partial charge on any atom is 0.251 e. The molecule has 0 atom stereocenters. The molecule has 1 saturated heterocycles. The van der Waals surface area contributed by atoms with Crippen LogP contribution in [0.25, 0.3) is 0 Å². The Balaban J connectivity index is 2.45. The normalized spacial score (nSPS) is 17.6. The Labute approximate surface area is 124 Å². The Morgan fingerprint density at radius 1 is 1.33 bits per heavy atom. The number of aryl methyl sites for hydroxylation is 1. The molecule has 1 aromatic rings. The zero-order valence-electron chi connectivity index (χ0n) is 12.9. The van der Waals surface area contributed by atoms with Crippen molar-refractivity contribution in [1.29, 1.82) is 0 Å². The lowest BCUT2D eigenvalue weighted by Gasteiger charge is -2.41. The lowest BCUT2D eigenvalue weighted by molar-refractivity contribution is -0.135. The minimum atomic E-state index is -0.837. The van der Waals surface area contributed by atoms with E-state index in [1.165, 1.54) is 0 Å². The van der Waals surface area contributed by atoms with Gasteiger partial charge in [0, 0.05) is 19.0 Å². The Morgan fingerprint density at radius 3 is 2.67 bits per heavy atom.